The summed E-state index contributed by atoms with van der Waals surface area (Å²) in [4.78, 5) is 25.4. The van der Waals surface area contributed by atoms with Gasteiger partial charge in [-0.1, -0.05) is 12.1 Å². The normalized spacial score (nSPS) is 14.0. The summed E-state index contributed by atoms with van der Waals surface area (Å²) in [6, 6.07) is 10.8. The van der Waals surface area contributed by atoms with Gasteiger partial charge < -0.3 is 15.0 Å². The van der Waals surface area contributed by atoms with E-state index in [1.807, 2.05) is 0 Å². The summed E-state index contributed by atoms with van der Waals surface area (Å²) in [6.45, 7) is 0.897. The molecule has 146 valence electrons. The Morgan fingerprint density at radius 2 is 1.86 bits per heavy atom. The largest absolute Gasteiger partial charge is 0.482 e. The fourth-order valence-electron chi connectivity index (χ4n) is 2.64. The number of alkyl halides is 3. The molecule has 0 bridgehead atoms. The molecule has 0 spiro atoms. The van der Waals surface area contributed by atoms with E-state index in [4.69, 9.17) is 4.74 Å². The molecule has 0 saturated heterocycles. The maximum absolute atomic E-state index is 12.7. The van der Waals surface area contributed by atoms with Crippen LogP contribution in [0.5, 0.6) is 5.75 Å². The number of carbonyl (C=O) groups is 2. The first-order valence-corrected chi connectivity index (χ1v) is 8.35. The number of anilines is 2. The molecule has 1 N–H and O–H groups in total. The van der Waals surface area contributed by atoms with Gasteiger partial charge in [-0.05, 0) is 42.8 Å². The number of nitrogens with one attached hydrogen (secondary N) is 1. The molecule has 8 heteroatoms. The van der Waals surface area contributed by atoms with Crippen LogP contribution >= 0.6 is 0 Å². The van der Waals surface area contributed by atoms with Crippen LogP contribution in [0.25, 0.3) is 6.08 Å². The fraction of sp³-hybridized carbons (Fsp3) is 0.200. The topological polar surface area (TPSA) is 58.6 Å². The van der Waals surface area contributed by atoms with E-state index in [1.165, 1.54) is 29.2 Å². The number of carbonyl (C=O) groups excluding carboxylic acids is 2. The molecular weight excluding hydrogens is 373 g/mol. The molecule has 2 aromatic rings. The number of hydrogen-bond acceptors (Lipinski definition) is 3. The van der Waals surface area contributed by atoms with E-state index in [1.54, 1.807) is 25.2 Å². The van der Waals surface area contributed by atoms with Crippen LogP contribution < -0.4 is 15.0 Å². The molecule has 5 nitrogen and oxygen atoms in total. The van der Waals surface area contributed by atoms with Crippen molar-refractivity contribution >= 4 is 29.3 Å². The van der Waals surface area contributed by atoms with Crippen molar-refractivity contribution in [3.05, 3.63) is 59.2 Å². The highest BCUT2D eigenvalue weighted by molar-refractivity contribution is 6.06. The molecular formula is C20H17F3N2O3. The lowest BCUT2D eigenvalue weighted by Gasteiger charge is -2.22. The van der Waals surface area contributed by atoms with Crippen LogP contribution in [0.2, 0.25) is 0 Å². The van der Waals surface area contributed by atoms with Crippen LogP contribution in [0, 0.1) is 0 Å². The zero-order chi connectivity index (χ0) is 20.5. The Morgan fingerprint density at radius 1 is 1.18 bits per heavy atom. The van der Waals surface area contributed by atoms with Gasteiger partial charge in [-0.2, -0.15) is 13.2 Å². The predicted molar refractivity (Wildman–Crippen MR) is 99.4 cm³/mol. The van der Waals surface area contributed by atoms with Crippen molar-refractivity contribution in [2.45, 2.75) is 13.1 Å². The van der Waals surface area contributed by atoms with E-state index in [0.29, 0.717) is 28.3 Å². The number of benzene rings is 2. The summed E-state index contributed by atoms with van der Waals surface area (Å²) in [5.41, 5.74) is 1.04. The van der Waals surface area contributed by atoms with Gasteiger partial charge in [-0.15, -0.1) is 0 Å². The maximum Gasteiger partial charge on any atom is 0.412 e. The Bertz CT molecular complexity index is 950. The number of fused-ring (bicyclic) bond motifs is 1. The Kier molecular flexibility index (Phi) is 5.13. The molecule has 0 radical (unpaired) electrons. The summed E-state index contributed by atoms with van der Waals surface area (Å²) in [5, 5.41) is 2.67. The van der Waals surface area contributed by atoms with E-state index < -0.39 is 11.7 Å². The minimum Gasteiger partial charge on any atom is -0.482 e. The highest BCUT2D eigenvalue weighted by Gasteiger charge is 2.29. The highest BCUT2D eigenvalue weighted by atomic mass is 19.4. The van der Waals surface area contributed by atoms with Gasteiger partial charge in [0.05, 0.1) is 5.69 Å². The van der Waals surface area contributed by atoms with Crippen molar-refractivity contribution in [1.29, 1.82) is 0 Å². The van der Waals surface area contributed by atoms with Gasteiger partial charge in [0.25, 0.3) is 11.8 Å². The van der Waals surface area contributed by atoms with Crippen molar-refractivity contribution in [3.8, 4) is 5.75 Å². The Hall–Kier alpha value is -3.29. The van der Waals surface area contributed by atoms with Gasteiger partial charge in [-0.3, -0.25) is 9.59 Å². The fourth-order valence-corrected chi connectivity index (χ4v) is 2.64. The van der Waals surface area contributed by atoms with Crippen molar-refractivity contribution in [1.82, 2.24) is 0 Å². The van der Waals surface area contributed by atoms with Crippen LogP contribution in [-0.2, 0) is 4.79 Å². The number of amides is 2. The smallest absolute Gasteiger partial charge is 0.412 e. The number of ether oxygens (including phenoxy) is 1. The van der Waals surface area contributed by atoms with Gasteiger partial charge in [0, 0.05) is 29.9 Å². The zero-order valence-electron chi connectivity index (χ0n) is 15.1. The second-order valence-corrected chi connectivity index (χ2v) is 6.33. The van der Waals surface area contributed by atoms with Gasteiger partial charge in [0.2, 0.25) is 0 Å². The van der Waals surface area contributed by atoms with Crippen molar-refractivity contribution < 1.29 is 27.5 Å². The number of halogens is 3. The maximum atomic E-state index is 12.7. The van der Waals surface area contributed by atoms with E-state index in [9.17, 15) is 22.8 Å². The van der Waals surface area contributed by atoms with Crippen LogP contribution in [0.1, 0.15) is 22.8 Å². The van der Waals surface area contributed by atoms with Gasteiger partial charge >= 0.3 is 6.18 Å². The molecule has 2 aromatic carbocycles. The van der Waals surface area contributed by atoms with E-state index in [2.05, 4.69) is 5.32 Å². The molecule has 1 aliphatic heterocycles. The molecule has 3 rings (SSSR count). The summed E-state index contributed by atoms with van der Waals surface area (Å²) in [7, 11) is 1.58. The average Bonchev–Trinajstić information content (AvgIpc) is 2.66. The Labute approximate surface area is 159 Å². The lowest BCUT2D eigenvalue weighted by Crippen LogP contribution is -2.28. The van der Waals surface area contributed by atoms with Crippen LogP contribution in [0.4, 0.5) is 24.5 Å². The van der Waals surface area contributed by atoms with Crippen molar-refractivity contribution in [2.24, 2.45) is 0 Å². The molecule has 1 aliphatic rings. The third-order valence-electron chi connectivity index (χ3n) is 4.28. The van der Waals surface area contributed by atoms with E-state index >= 15 is 0 Å². The number of nitrogens with zero attached hydrogens (tertiary/aromatic N) is 1. The minimum atomic E-state index is -4.39. The minimum absolute atomic E-state index is 0.0968. The third kappa shape index (κ3) is 4.16. The number of hydrogen-bond donors (Lipinski definition) is 1. The van der Waals surface area contributed by atoms with Gasteiger partial charge in [-0.25, -0.2) is 0 Å². The SMILES string of the molecule is C/C(=C\c1ccc(C(=O)N(C)c2ccc3c(c2)OCC(=O)N3)cc1)C(F)(F)F. The van der Waals surface area contributed by atoms with Gasteiger partial charge in [0.1, 0.15) is 5.75 Å². The monoisotopic (exact) mass is 390 g/mol. The third-order valence-corrected chi connectivity index (χ3v) is 4.28. The molecule has 0 aliphatic carbocycles. The Morgan fingerprint density at radius 3 is 2.50 bits per heavy atom. The molecule has 0 atom stereocenters. The predicted octanol–water partition coefficient (Wildman–Crippen LogP) is 4.26. The molecule has 1 heterocycles. The molecule has 0 aromatic heterocycles. The summed E-state index contributed by atoms with van der Waals surface area (Å²) < 4.78 is 43.2. The van der Waals surface area contributed by atoms with Gasteiger partial charge in [0.15, 0.2) is 6.61 Å². The zero-order valence-corrected chi connectivity index (χ0v) is 15.1. The van der Waals surface area contributed by atoms with Crippen molar-refractivity contribution in [2.75, 3.05) is 23.9 Å². The summed E-state index contributed by atoms with van der Waals surface area (Å²) in [5.74, 6) is -0.123. The number of rotatable bonds is 3. The van der Waals surface area contributed by atoms with E-state index in [0.717, 1.165) is 13.0 Å². The summed E-state index contributed by atoms with van der Waals surface area (Å²) in [6.07, 6.45) is -3.37. The van der Waals surface area contributed by atoms with E-state index in [-0.39, 0.29) is 18.4 Å². The average molecular weight is 390 g/mol. The molecule has 0 unspecified atom stereocenters. The highest BCUT2D eigenvalue weighted by Crippen LogP contribution is 2.32. The lowest BCUT2D eigenvalue weighted by atomic mass is 10.1. The summed E-state index contributed by atoms with van der Waals surface area (Å²) >= 11 is 0. The van der Waals surface area contributed by atoms with Crippen molar-refractivity contribution in [3.63, 3.8) is 0 Å². The first-order chi connectivity index (χ1) is 13.1. The molecule has 0 saturated carbocycles. The molecule has 2 amide bonds. The van der Waals surface area contributed by atoms with Crippen LogP contribution in [0.3, 0.4) is 0 Å². The molecule has 0 fully saturated rings. The second kappa shape index (κ2) is 7.38. The Balaban J connectivity index is 1.78. The lowest BCUT2D eigenvalue weighted by molar-refractivity contribution is -0.118. The first kappa shape index (κ1) is 19.5. The standard InChI is InChI=1S/C20H17F3N2O3/c1-12(20(21,22)23)9-13-3-5-14(6-4-13)19(27)25(2)15-7-8-16-17(10-15)28-11-18(26)24-16/h3-10H,11H2,1-2H3,(H,24,26)/b12-9+. The molecule has 28 heavy (non-hydrogen) atoms. The first-order valence-electron chi connectivity index (χ1n) is 8.35. The van der Waals surface area contributed by atoms with Crippen LogP contribution in [-0.4, -0.2) is 31.6 Å². The second-order valence-electron chi connectivity index (χ2n) is 6.33. The quantitative estimate of drug-likeness (QED) is 0.852. The van der Waals surface area contributed by atoms with Crippen LogP contribution in [0.15, 0.2) is 48.0 Å². The number of allylic oxidation sites excluding steroid dienone is 1.